The third-order valence-corrected chi connectivity index (χ3v) is 4.26. The number of nitrogens with one attached hydrogen (secondary N) is 1. The molecule has 1 aliphatic heterocycles. The summed E-state index contributed by atoms with van der Waals surface area (Å²) in [5.74, 6) is 0. The molecule has 2 aromatic rings. The average Bonchev–Trinajstić information content (AvgIpc) is 2.55. The molecule has 0 amide bonds. The number of benzene rings is 1. The van der Waals surface area contributed by atoms with Crippen LogP contribution in [0.3, 0.4) is 0 Å². The quantitative estimate of drug-likeness (QED) is 0.905. The van der Waals surface area contributed by atoms with Crippen molar-refractivity contribution in [3.8, 4) is 0 Å². The molecule has 0 spiro atoms. The maximum absolute atomic E-state index is 5.91. The first-order chi connectivity index (χ1) is 10.4. The van der Waals surface area contributed by atoms with Crippen molar-refractivity contribution in [2.45, 2.75) is 44.8 Å². The summed E-state index contributed by atoms with van der Waals surface area (Å²) in [7, 11) is 0. The second-order valence-electron chi connectivity index (χ2n) is 5.79. The molecule has 0 saturated carbocycles. The number of rotatable bonds is 5. The van der Waals surface area contributed by atoms with Gasteiger partial charge in [-0.05, 0) is 49.9 Å². The highest BCUT2D eigenvalue weighted by molar-refractivity contribution is 5.78. The summed E-state index contributed by atoms with van der Waals surface area (Å²) in [4.78, 5) is 4.47. The molecule has 112 valence electrons. The Kier molecular flexibility index (Phi) is 4.84. The summed E-state index contributed by atoms with van der Waals surface area (Å²) in [6.45, 7) is 4.05. The molecule has 2 unspecified atom stereocenters. The van der Waals surface area contributed by atoms with Crippen LogP contribution in [0.5, 0.6) is 0 Å². The molecule has 3 nitrogen and oxygen atoms in total. The normalized spacial score (nSPS) is 20.5. The molecule has 0 radical (unpaired) electrons. The Labute approximate surface area is 126 Å². The lowest BCUT2D eigenvalue weighted by Gasteiger charge is -2.27. The average molecular weight is 284 g/mol. The van der Waals surface area contributed by atoms with Crippen LogP contribution in [0.1, 0.15) is 44.2 Å². The smallest absolute Gasteiger partial charge is 0.0705 e. The Morgan fingerprint density at radius 1 is 1.33 bits per heavy atom. The molecule has 0 bridgehead atoms. The molecule has 0 aliphatic carbocycles. The third-order valence-electron chi connectivity index (χ3n) is 4.26. The molecular weight excluding hydrogens is 260 g/mol. The Morgan fingerprint density at radius 3 is 3.10 bits per heavy atom. The maximum Gasteiger partial charge on any atom is 0.0705 e. The first-order valence-corrected chi connectivity index (χ1v) is 8.06. The van der Waals surface area contributed by atoms with E-state index in [1.54, 1.807) is 0 Å². The SMILES string of the molecule is CCNC(CC1CCCCO1)c1ccc2cccnc2c1. The fourth-order valence-corrected chi connectivity index (χ4v) is 3.14. The molecule has 2 atom stereocenters. The van der Waals surface area contributed by atoms with Gasteiger partial charge in [0.15, 0.2) is 0 Å². The molecule has 1 aromatic carbocycles. The van der Waals surface area contributed by atoms with Crippen molar-refractivity contribution < 1.29 is 4.74 Å². The Morgan fingerprint density at radius 2 is 2.29 bits per heavy atom. The zero-order valence-electron chi connectivity index (χ0n) is 12.7. The predicted molar refractivity (Wildman–Crippen MR) is 86.4 cm³/mol. The lowest BCUT2D eigenvalue weighted by molar-refractivity contribution is 0.00514. The van der Waals surface area contributed by atoms with Crippen LogP contribution < -0.4 is 5.32 Å². The minimum atomic E-state index is 0.351. The number of hydrogen-bond acceptors (Lipinski definition) is 3. The summed E-state index contributed by atoms with van der Waals surface area (Å²) in [6, 6.07) is 11.1. The number of pyridine rings is 1. The number of fused-ring (bicyclic) bond motifs is 1. The fourth-order valence-electron chi connectivity index (χ4n) is 3.14. The molecule has 2 heterocycles. The lowest BCUT2D eigenvalue weighted by Crippen LogP contribution is -2.28. The van der Waals surface area contributed by atoms with E-state index in [2.05, 4.69) is 41.5 Å². The zero-order valence-corrected chi connectivity index (χ0v) is 12.7. The third kappa shape index (κ3) is 3.60. The standard InChI is InChI=1S/C18H24N2O/c1-2-19-18(13-16-7-3-4-11-21-16)15-9-8-14-6-5-10-20-17(14)12-15/h5-6,8-10,12,16,18-19H,2-4,7,11,13H2,1H3. The molecule has 21 heavy (non-hydrogen) atoms. The first-order valence-electron chi connectivity index (χ1n) is 8.06. The van der Waals surface area contributed by atoms with Crippen molar-refractivity contribution in [2.24, 2.45) is 0 Å². The van der Waals surface area contributed by atoms with Crippen LogP contribution in [-0.2, 0) is 4.74 Å². The van der Waals surface area contributed by atoms with E-state index in [1.807, 2.05) is 12.3 Å². The summed E-state index contributed by atoms with van der Waals surface area (Å²) in [6.07, 6.45) is 6.99. The van der Waals surface area contributed by atoms with E-state index in [0.29, 0.717) is 12.1 Å². The van der Waals surface area contributed by atoms with Gasteiger partial charge < -0.3 is 10.1 Å². The van der Waals surface area contributed by atoms with Crippen LogP contribution in [0.2, 0.25) is 0 Å². The molecule has 1 N–H and O–H groups in total. The number of hydrogen-bond donors (Lipinski definition) is 1. The van der Waals surface area contributed by atoms with E-state index in [1.165, 1.54) is 30.2 Å². The van der Waals surface area contributed by atoms with Crippen molar-refractivity contribution in [2.75, 3.05) is 13.2 Å². The van der Waals surface area contributed by atoms with Gasteiger partial charge in [-0.2, -0.15) is 0 Å². The van der Waals surface area contributed by atoms with Crippen molar-refractivity contribution in [3.05, 3.63) is 42.1 Å². The van der Waals surface area contributed by atoms with Gasteiger partial charge in [-0.15, -0.1) is 0 Å². The van der Waals surface area contributed by atoms with Crippen molar-refractivity contribution in [1.82, 2.24) is 10.3 Å². The topological polar surface area (TPSA) is 34.1 Å². The highest BCUT2D eigenvalue weighted by atomic mass is 16.5. The molecule has 3 rings (SSSR count). The monoisotopic (exact) mass is 284 g/mol. The first kappa shape index (κ1) is 14.5. The van der Waals surface area contributed by atoms with Gasteiger partial charge >= 0.3 is 0 Å². The van der Waals surface area contributed by atoms with Gasteiger partial charge in [0.1, 0.15) is 0 Å². The highest BCUT2D eigenvalue weighted by Gasteiger charge is 2.20. The number of aromatic nitrogens is 1. The zero-order chi connectivity index (χ0) is 14.5. The second kappa shape index (κ2) is 7.01. The lowest BCUT2D eigenvalue weighted by atomic mass is 9.96. The van der Waals surface area contributed by atoms with Crippen LogP contribution in [0, 0.1) is 0 Å². The molecular formula is C18H24N2O. The summed E-state index contributed by atoms with van der Waals surface area (Å²) in [5.41, 5.74) is 2.39. The van der Waals surface area contributed by atoms with Crippen molar-refractivity contribution in [3.63, 3.8) is 0 Å². The van der Waals surface area contributed by atoms with Crippen molar-refractivity contribution in [1.29, 1.82) is 0 Å². The molecule has 1 fully saturated rings. The van der Waals surface area contributed by atoms with Gasteiger partial charge in [0.25, 0.3) is 0 Å². The summed E-state index contributed by atoms with van der Waals surface area (Å²) >= 11 is 0. The van der Waals surface area contributed by atoms with E-state index in [9.17, 15) is 0 Å². The van der Waals surface area contributed by atoms with Crippen LogP contribution in [0.4, 0.5) is 0 Å². The largest absolute Gasteiger partial charge is 0.378 e. The number of nitrogens with zero attached hydrogens (tertiary/aromatic N) is 1. The second-order valence-corrected chi connectivity index (χ2v) is 5.79. The fraction of sp³-hybridized carbons (Fsp3) is 0.500. The Hall–Kier alpha value is -1.45. The predicted octanol–water partition coefficient (Wildman–Crippen LogP) is 3.84. The van der Waals surface area contributed by atoms with E-state index in [0.717, 1.165) is 25.1 Å². The molecule has 1 aromatic heterocycles. The van der Waals surface area contributed by atoms with Crippen molar-refractivity contribution >= 4 is 10.9 Å². The van der Waals surface area contributed by atoms with Crippen LogP contribution >= 0.6 is 0 Å². The Balaban J connectivity index is 1.80. The van der Waals surface area contributed by atoms with Gasteiger partial charge in [-0.25, -0.2) is 0 Å². The molecule has 3 heteroatoms. The summed E-state index contributed by atoms with van der Waals surface area (Å²) in [5, 5.41) is 4.80. The minimum Gasteiger partial charge on any atom is -0.378 e. The minimum absolute atomic E-state index is 0.351. The van der Waals surface area contributed by atoms with Crippen LogP contribution in [-0.4, -0.2) is 24.2 Å². The maximum atomic E-state index is 5.91. The van der Waals surface area contributed by atoms with E-state index in [4.69, 9.17) is 4.74 Å². The van der Waals surface area contributed by atoms with Gasteiger partial charge in [-0.1, -0.05) is 25.1 Å². The van der Waals surface area contributed by atoms with Crippen LogP contribution in [0.25, 0.3) is 10.9 Å². The van der Waals surface area contributed by atoms with Gasteiger partial charge in [0.05, 0.1) is 11.6 Å². The van der Waals surface area contributed by atoms with E-state index >= 15 is 0 Å². The van der Waals surface area contributed by atoms with Gasteiger partial charge in [-0.3, -0.25) is 4.98 Å². The highest BCUT2D eigenvalue weighted by Crippen LogP contribution is 2.26. The van der Waals surface area contributed by atoms with Crippen LogP contribution in [0.15, 0.2) is 36.5 Å². The molecule has 1 aliphatic rings. The Bertz CT molecular complexity index is 578. The van der Waals surface area contributed by atoms with Gasteiger partial charge in [0, 0.05) is 24.2 Å². The number of ether oxygens (including phenoxy) is 1. The van der Waals surface area contributed by atoms with E-state index < -0.39 is 0 Å². The van der Waals surface area contributed by atoms with E-state index in [-0.39, 0.29) is 0 Å². The molecule has 1 saturated heterocycles. The van der Waals surface area contributed by atoms with Gasteiger partial charge in [0.2, 0.25) is 0 Å². The summed E-state index contributed by atoms with van der Waals surface area (Å²) < 4.78 is 5.91.